The van der Waals surface area contributed by atoms with Crippen LogP contribution in [0.3, 0.4) is 0 Å². The van der Waals surface area contributed by atoms with Crippen molar-refractivity contribution in [2.24, 2.45) is 0 Å². The molecule has 4 rings (SSSR count). The zero-order valence-corrected chi connectivity index (χ0v) is 19.4. The third kappa shape index (κ3) is 4.69. The van der Waals surface area contributed by atoms with Crippen molar-refractivity contribution in [1.82, 2.24) is 19.7 Å². The molecule has 6 nitrogen and oxygen atoms in total. The Morgan fingerprint density at radius 2 is 1.76 bits per heavy atom. The molecular formula is C25H26F3N5O. The summed E-state index contributed by atoms with van der Waals surface area (Å²) in [5.74, 6) is 1.50. The van der Waals surface area contributed by atoms with E-state index in [1.54, 1.807) is 12.1 Å². The summed E-state index contributed by atoms with van der Waals surface area (Å²) in [6.07, 6.45) is -0.575. The minimum atomic E-state index is -4.34. The molecule has 0 amide bonds. The summed E-state index contributed by atoms with van der Waals surface area (Å²) in [5.41, 5.74) is 1.65. The summed E-state index contributed by atoms with van der Waals surface area (Å²) in [6, 6.07) is 12.0. The SMILES string of the molecule is CCNc1ccc(Cn2cc(-c3nc(-c4ccc(C(C)(C)C(F)(F)F)cc4)no3)cc2C)cn1. The maximum atomic E-state index is 13.3. The number of anilines is 1. The van der Waals surface area contributed by atoms with Crippen molar-refractivity contribution in [3.05, 3.63) is 71.7 Å². The van der Waals surface area contributed by atoms with Crippen molar-refractivity contribution in [3.8, 4) is 22.8 Å². The number of aromatic nitrogens is 4. The predicted octanol–water partition coefficient (Wildman–Crippen LogP) is 6.23. The van der Waals surface area contributed by atoms with Crippen molar-refractivity contribution >= 4 is 5.82 Å². The Kier molecular flexibility index (Phi) is 6.20. The fourth-order valence-corrected chi connectivity index (χ4v) is 3.56. The fraction of sp³-hybridized carbons (Fsp3) is 0.320. The number of pyridine rings is 1. The highest BCUT2D eigenvalue weighted by molar-refractivity contribution is 5.60. The van der Waals surface area contributed by atoms with Crippen LogP contribution in [0.2, 0.25) is 0 Å². The average Bonchev–Trinajstić information content (AvgIpc) is 3.42. The normalized spacial score (nSPS) is 12.2. The summed E-state index contributed by atoms with van der Waals surface area (Å²) < 4.78 is 47.4. The van der Waals surface area contributed by atoms with Crippen LogP contribution in [0, 0.1) is 6.92 Å². The first kappa shape index (κ1) is 23.5. The molecule has 0 fully saturated rings. The summed E-state index contributed by atoms with van der Waals surface area (Å²) in [4.78, 5) is 8.85. The zero-order chi connectivity index (χ0) is 24.5. The van der Waals surface area contributed by atoms with Gasteiger partial charge in [-0.2, -0.15) is 18.2 Å². The molecule has 9 heteroatoms. The Morgan fingerprint density at radius 3 is 2.38 bits per heavy atom. The minimum absolute atomic E-state index is 0.174. The van der Waals surface area contributed by atoms with E-state index in [2.05, 4.69) is 25.0 Å². The van der Waals surface area contributed by atoms with Crippen LogP contribution in [0.25, 0.3) is 22.8 Å². The summed E-state index contributed by atoms with van der Waals surface area (Å²) in [5, 5.41) is 7.19. The molecule has 0 atom stereocenters. The molecule has 0 saturated carbocycles. The minimum Gasteiger partial charge on any atom is -0.370 e. The topological polar surface area (TPSA) is 68.8 Å². The number of rotatable bonds is 7. The number of alkyl halides is 3. The third-order valence-electron chi connectivity index (χ3n) is 5.89. The van der Waals surface area contributed by atoms with Gasteiger partial charge in [-0.25, -0.2) is 4.98 Å². The highest BCUT2D eigenvalue weighted by atomic mass is 19.4. The lowest BCUT2D eigenvalue weighted by Crippen LogP contribution is -2.36. The largest absolute Gasteiger partial charge is 0.397 e. The lowest BCUT2D eigenvalue weighted by Gasteiger charge is -2.28. The molecule has 34 heavy (non-hydrogen) atoms. The van der Waals surface area contributed by atoms with Crippen molar-refractivity contribution in [1.29, 1.82) is 0 Å². The fourth-order valence-electron chi connectivity index (χ4n) is 3.56. The smallest absolute Gasteiger partial charge is 0.370 e. The number of aryl methyl sites for hydroxylation is 1. The molecule has 0 aliphatic rings. The molecule has 4 aromatic rings. The number of nitrogens with zero attached hydrogens (tertiary/aromatic N) is 4. The van der Waals surface area contributed by atoms with Crippen LogP contribution in [0.5, 0.6) is 0 Å². The molecule has 0 spiro atoms. The van der Waals surface area contributed by atoms with Gasteiger partial charge in [0.1, 0.15) is 5.82 Å². The number of benzene rings is 1. The summed E-state index contributed by atoms with van der Waals surface area (Å²) in [6.45, 7) is 7.79. The van der Waals surface area contributed by atoms with Crippen LogP contribution >= 0.6 is 0 Å². The lowest BCUT2D eigenvalue weighted by atomic mass is 9.83. The Hall–Kier alpha value is -3.62. The van der Waals surface area contributed by atoms with E-state index >= 15 is 0 Å². The molecule has 0 bridgehead atoms. The zero-order valence-electron chi connectivity index (χ0n) is 19.4. The molecule has 0 radical (unpaired) electrons. The van der Waals surface area contributed by atoms with E-state index in [0.29, 0.717) is 23.8 Å². The van der Waals surface area contributed by atoms with E-state index < -0.39 is 11.6 Å². The first-order valence-corrected chi connectivity index (χ1v) is 11.0. The molecule has 3 aromatic heterocycles. The standard InChI is InChI=1S/C25H26F3N5O/c1-5-29-21-11-6-17(13-30-21)14-33-15-19(12-16(33)2)23-31-22(32-34-23)18-7-9-20(10-8-18)24(3,4)25(26,27)28/h6-13,15H,5,14H2,1-4H3,(H,29,30). The van der Waals surface area contributed by atoms with Crippen LogP contribution < -0.4 is 5.32 Å². The van der Waals surface area contributed by atoms with E-state index in [1.165, 1.54) is 12.1 Å². The Balaban J connectivity index is 1.51. The van der Waals surface area contributed by atoms with Crippen molar-refractivity contribution in [2.45, 2.75) is 45.8 Å². The lowest BCUT2D eigenvalue weighted by molar-refractivity contribution is -0.180. The second-order valence-electron chi connectivity index (χ2n) is 8.70. The van der Waals surface area contributed by atoms with Crippen LogP contribution in [0.4, 0.5) is 19.0 Å². The van der Waals surface area contributed by atoms with E-state index in [-0.39, 0.29) is 5.56 Å². The second-order valence-corrected chi connectivity index (χ2v) is 8.70. The first-order chi connectivity index (χ1) is 16.1. The van der Waals surface area contributed by atoms with Gasteiger partial charge < -0.3 is 14.4 Å². The number of hydrogen-bond donors (Lipinski definition) is 1. The van der Waals surface area contributed by atoms with Gasteiger partial charge in [-0.3, -0.25) is 0 Å². The maximum Gasteiger partial charge on any atom is 0.397 e. The van der Waals surface area contributed by atoms with Gasteiger partial charge in [-0.1, -0.05) is 35.5 Å². The van der Waals surface area contributed by atoms with Crippen molar-refractivity contribution in [3.63, 3.8) is 0 Å². The third-order valence-corrected chi connectivity index (χ3v) is 5.89. The van der Waals surface area contributed by atoms with Gasteiger partial charge in [0.2, 0.25) is 5.82 Å². The van der Waals surface area contributed by atoms with Crippen LogP contribution in [0.15, 0.2) is 59.4 Å². The summed E-state index contributed by atoms with van der Waals surface area (Å²) in [7, 11) is 0. The van der Waals surface area contributed by atoms with Crippen molar-refractivity contribution < 1.29 is 17.7 Å². The van der Waals surface area contributed by atoms with Gasteiger partial charge in [0.05, 0.1) is 11.0 Å². The van der Waals surface area contributed by atoms with Gasteiger partial charge in [0, 0.05) is 36.7 Å². The highest BCUT2D eigenvalue weighted by Crippen LogP contribution is 2.40. The van der Waals surface area contributed by atoms with E-state index in [1.807, 2.05) is 44.4 Å². The van der Waals surface area contributed by atoms with Crippen molar-refractivity contribution in [2.75, 3.05) is 11.9 Å². The quantitative estimate of drug-likeness (QED) is 0.348. The summed E-state index contributed by atoms with van der Waals surface area (Å²) >= 11 is 0. The van der Waals surface area contributed by atoms with Crippen LogP contribution in [-0.4, -0.2) is 32.4 Å². The molecule has 0 aliphatic carbocycles. The number of nitrogens with one attached hydrogen (secondary N) is 1. The Bertz CT molecular complexity index is 1260. The number of halogens is 3. The maximum absolute atomic E-state index is 13.3. The molecule has 0 aliphatic heterocycles. The molecule has 0 unspecified atom stereocenters. The average molecular weight is 470 g/mol. The van der Waals surface area contributed by atoms with Gasteiger partial charge >= 0.3 is 6.18 Å². The number of hydrogen-bond acceptors (Lipinski definition) is 5. The Labute approximate surface area is 195 Å². The van der Waals surface area contributed by atoms with Crippen LogP contribution in [-0.2, 0) is 12.0 Å². The van der Waals surface area contributed by atoms with Gasteiger partial charge in [-0.15, -0.1) is 0 Å². The van der Waals surface area contributed by atoms with Gasteiger partial charge in [0.25, 0.3) is 5.89 Å². The Morgan fingerprint density at radius 1 is 1.03 bits per heavy atom. The molecule has 0 saturated heterocycles. The highest BCUT2D eigenvalue weighted by Gasteiger charge is 2.48. The monoisotopic (exact) mass is 469 g/mol. The first-order valence-electron chi connectivity index (χ1n) is 11.0. The molecule has 3 heterocycles. The molecule has 178 valence electrons. The molecule has 1 aromatic carbocycles. The van der Waals surface area contributed by atoms with E-state index in [9.17, 15) is 13.2 Å². The molecular weight excluding hydrogens is 443 g/mol. The van der Waals surface area contributed by atoms with Crippen LogP contribution in [0.1, 0.15) is 37.6 Å². The predicted molar refractivity (Wildman–Crippen MR) is 124 cm³/mol. The van der Waals surface area contributed by atoms with E-state index in [4.69, 9.17) is 4.52 Å². The second kappa shape index (κ2) is 8.96. The van der Waals surface area contributed by atoms with Gasteiger partial charge in [-0.05, 0) is 51.0 Å². The van der Waals surface area contributed by atoms with E-state index in [0.717, 1.165) is 43.0 Å². The molecule has 1 N–H and O–H groups in total. The van der Waals surface area contributed by atoms with Gasteiger partial charge in [0.15, 0.2) is 0 Å².